The lowest BCUT2D eigenvalue weighted by Crippen LogP contribution is -2.36. The zero-order valence-electron chi connectivity index (χ0n) is 21.5. The van der Waals surface area contributed by atoms with Gasteiger partial charge in [0.2, 0.25) is 11.9 Å². The number of fused-ring (bicyclic) bond motifs is 1. The van der Waals surface area contributed by atoms with E-state index in [2.05, 4.69) is 25.6 Å². The molecule has 1 saturated heterocycles. The number of rotatable bonds is 7. The standard InChI is InChI=1S/C27H30F3N7O2/c1-35-14-11-21(17-35)31-25(39)19-4-6-20(7-5-19)32-26-33-24-22(3-2-13-37(24)34-26)18-9-15-36(16-10-18)23(38)8-12-27(28,29)30/h2-7,9,13,21H,8,10-12,14-17H2,1H3,(H,31,39)(H,32,34). The molecule has 9 nitrogen and oxygen atoms in total. The minimum Gasteiger partial charge on any atom is -0.348 e. The topological polar surface area (TPSA) is 94.9 Å². The zero-order chi connectivity index (χ0) is 27.6. The summed E-state index contributed by atoms with van der Waals surface area (Å²) < 4.78 is 39.0. The first-order chi connectivity index (χ1) is 18.6. The summed E-state index contributed by atoms with van der Waals surface area (Å²) in [7, 11) is 2.04. The van der Waals surface area contributed by atoms with E-state index in [1.807, 2.05) is 25.3 Å². The van der Waals surface area contributed by atoms with Crippen LogP contribution in [0, 0.1) is 0 Å². The van der Waals surface area contributed by atoms with Crippen LogP contribution in [-0.2, 0) is 4.79 Å². The van der Waals surface area contributed by atoms with Crippen molar-refractivity contribution in [2.24, 2.45) is 0 Å². The van der Waals surface area contributed by atoms with Gasteiger partial charge in [0.05, 0.1) is 6.42 Å². The normalized spacial score (nSPS) is 18.3. The number of anilines is 2. The number of hydrogen-bond acceptors (Lipinski definition) is 6. The molecule has 0 radical (unpaired) electrons. The summed E-state index contributed by atoms with van der Waals surface area (Å²) >= 11 is 0. The molecule has 1 atom stereocenters. The summed E-state index contributed by atoms with van der Waals surface area (Å²) in [6.45, 7) is 2.42. The molecule has 1 unspecified atom stereocenters. The van der Waals surface area contributed by atoms with E-state index in [-0.39, 0.29) is 18.5 Å². The molecule has 206 valence electrons. The van der Waals surface area contributed by atoms with Crippen LogP contribution in [0.4, 0.5) is 24.8 Å². The van der Waals surface area contributed by atoms with E-state index in [0.717, 1.165) is 36.3 Å². The van der Waals surface area contributed by atoms with Crippen molar-refractivity contribution in [1.82, 2.24) is 29.7 Å². The number of alkyl halides is 3. The van der Waals surface area contributed by atoms with Gasteiger partial charge >= 0.3 is 6.18 Å². The molecule has 5 rings (SSSR count). The zero-order valence-corrected chi connectivity index (χ0v) is 21.5. The third kappa shape index (κ3) is 6.56. The molecule has 2 aliphatic rings. The minimum atomic E-state index is -4.34. The average Bonchev–Trinajstić information content (AvgIpc) is 3.52. The number of pyridine rings is 1. The highest BCUT2D eigenvalue weighted by molar-refractivity contribution is 5.94. The van der Waals surface area contributed by atoms with Crippen LogP contribution in [0.2, 0.25) is 0 Å². The number of nitrogens with one attached hydrogen (secondary N) is 2. The molecule has 2 aromatic heterocycles. The highest BCUT2D eigenvalue weighted by Crippen LogP contribution is 2.28. The molecule has 39 heavy (non-hydrogen) atoms. The summed E-state index contributed by atoms with van der Waals surface area (Å²) in [5, 5.41) is 10.7. The van der Waals surface area contributed by atoms with Crippen molar-refractivity contribution in [3.63, 3.8) is 0 Å². The van der Waals surface area contributed by atoms with Crippen LogP contribution in [0.15, 0.2) is 48.7 Å². The molecule has 12 heteroatoms. The lowest BCUT2D eigenvalue weighted by Gasteiger charge is -2.27. The van der Waals surface area contributed by atoms with Crippen molar-refractivity contribution in [3.8, 4) is 0 Å². The number of carbonyl (C=O) groups excluding carboxylic acids is 2. The molecule has 2 amide bonds. The van der Waals surface area contributed by atoms with Crippen LogP contribution >= 0.6 is 0 Å². The first kappa shape index (κ1) is 26.7. The second-order valence-corrected chi connectivity index (χ2v) is 9.98. The number of likely N-dealkylation sites (tertiary alicyclic amines) is 1. The van der Waals surface area contributed by atoms with Gasteiger partial charge in [-0.15, -0.1) is 5.10 Å². The van der Waals surface area contributed by atoms with E-state index in [4.69, 9.17) is 0 Å². The maximum atomic E-state index is 12.6. The number of halogens is 3. The molecule has 0 bridgehead atoms. The second-order valence-electron chi connectivity index (χ2n) is 9.98. The first-order valence-electron chi connectivity index (χ1n) is 12.9. The van der Waals surface area contributed by atoms with E-state index in [9.17, 15) is 22.8 Å². The van der Waals surface area contributed by atoms with E-state index < -0.39 is 24.9 Å². The fraction of sp³-hybridized carbons (Fsp3) is 0.407. The van der Waals surface area contributed by atoms with Crippen molar-refractivity contribution in [2.45, 2.75) is 37.9 Å². The van der Waals surface area contributed by atoms with Gasteiger partial charge < -0.3 is 20.4 Å². The van der Waals surface area contributed by atoms with Crippen LogP contribution in [0.3, 0.4) is 0 Å². The summed E-state index contributed by atoms with van der Waals surface area (Å²) in [6, 6.07) is 11.0. The average molecular weight is 542 g/mol. The summed E-state index contributed by atoms with van der Waals surface area (Å²) in [5.41, 5.74) is 3.75. The maximum absolute atomic E-state index is 12.6. The number of nitrogens with zero attached hydrogens (tertiary/aromatic N) is 5. The highest BCUT2D eigenvalue weighted by Gasteiger charge is 2.30. The molecular weight excluding hydrogens is 511 g/mol. The third-order valence-corrected chi connectivity index (χ3v) is 7.02. The van der Waals surface area contributed by atoms with Gasteiger partial charge in [-0.3, -0.25) is 9.59 Å². The molecular formula is C27H30F3N7O2. The van der Waals surface area contributed by atoms with Crippen molar-refractivity contribution in [2.75, 3.05) is 38.5 Å². The quantitative estimate of drug-likeness (QED) is 0.472. The van der Waals surface area contributed by atoms with Gasteiger partial charge in [-0.1, -0.05) is 6.08 Å². The number of amides is 2. The van der Waals surface area contributed by atoms with Gasteiger partial charge in [-0.05, 0) is 68.4 Å². The SMILES string of the molecule is CN1CCC(NC(=O)c2ccc(Nc3nc4c(C5=CCN(C(=O)CCC(F)(F)F)CC5)cccn4n3)cc2)C1. The number of hydrogen-bond donors (Lipinski definition) is 2. The lowest BCUT2D eigenvalue weighted by molar-refractivity contribution is -0.148. The Balaban J connectivity index is 1.23. The van der Waals surface area contributed by atoms with E-state index >= 15 is 0 Å². The third-order valence-electron chi connectivity index (χ3n) is 7.02. The molecule has 1 fully saturated rings. The summed E-state index contributed by atoms with van der Waals surface area (Å²) in [4.78, 5) is 33.0. The fourth-order valence-corrected chi connectivity index (χ4v) is 4.91. The monoisotopic (exact) mass is 541 g/mol. The second kappa shape index (κ2) is 11.0. The summed E-state index contributed by atoms with van der Waals surface area (Å²) in [6.07, 6.45) is -0.898. The minimum absolute atomic E-state index is 0.0984. The Morgan fingerprint density at radius 1 is 1.13 bits per heavy atom. The first-order valence-corrected chi connectivity index (χ1v) is 12.9. The molecule has 1 aromatic carbocycles. The summed E-state index contributed by atoms with van der Waals surface area (Å²) in [5.74, 6) is -0.211. The number of benzene rings is 1. The van der Waals surface area contributed by atoms with Crippen molar-refractivity contribution < 1.29 is 22.8 Å². The van der Waals surface area contributed by atoms with Gasteiger partial charge in [0.1, 0.15) is 0 Å². The molecule has 3 aromatic rings. The highest BCUT2D eigenvalue weighted by atomic mass is 19.4. The van der Waals surface area contributed by atoms with Crippen molar-refractivity contribution >= 4 is 34.7 Å². The number of aromatic nitrogens is 3. The van der Waals surface area contributed by atoms with E-state index in [1.54, 1.807) is 35.0 Å². The number of carbonyl (C=O) groups is 2. The van der Waals surface area contributed by atoms with Crippen LogP contribution < -0.4 is 10.6 Å². The number of likely N-dealkylation sites (N-methyl/N-ethyl adjacent to an activating group) is 1. The van der Waals surface area contributed by atoms with Gasteiger partial charge in [0.25, 0.3) is 5.91 Å². The molecule has 0 aliphatic carbocycles. The van der Waals surface area contributed by atoms with E-state index in [1.165, 1.54) is 4.90 Å². The fourth-order valence-electron chi connectivity index (χ4n) is 4.91. The van der Waals surface area contributed by atoms with Crippen LogP contribution in [0.5, 0.6) is 0 Å². The molecule has 2 N–H and O–H groups in total. The van der Waals surface area contributed by atoms with Gasteiger partial charge in [0.15, 0.2) is 5.65 Å². The molecule has 2 aliphatic heterocycles. The lowest BCUT2D eigenvalue weighted by atomic mass is 10.00. The van der Waals surface area contributed by atoms with Gasteiger partial charge in [-0.2, -0.15) is 18.2 Å². The van der Waals surface area contributed by atoms with Gasteiger partial charge in [-0.25, -0.2) is 4.52 Å². The Morgan fingerprint density at radius 2 is 1.92 bits per heavy atom. The van der Waals surface area contributed by atoms with Crippen LogP contribution in [-0.4, -0.2) is 81.7 Å². The van der Waals surface area contributed by atoms with Crippen LogP contribution in [0.1, 0.15) is 41.6 Å². The van der Waals surface area contributed by atoms with E-state index in [0.29, 0.717) is 30.1 Å². The van der Waals surface area contributed by atoms with Gasteiger partial charge in [0, 0.05) is 55.1 Å². The Bertz CT molecular complexity index is 1380. The Kier molecular flexibility index (Phi) is 7.56. The molecule has 4 heterocycles. The smallest absolute Gasteiger partial charge is 0.348 e. The van der Waals surface area contributed by atoms with Crippen LogP contribution in [0.25, 0.3) is 11.2 Å². The predicted octanol–water partition coefficient (Wildman–Crippen LogP) is 3.87. The molecule has 0 spiro atoms. The Hall–Kier alpha value is -3.93. The Morgan fingerprint density at radius 3 is 2.59 bits per heavy atom. The largest absolute Gasteiger partial charge is 0.389 e. The predicted molar refractivity (Wildman–Crippen MR) is 141 cm³/mol. The van der Waals surface area contributed by atoms with Crippen molar-refractivity contribution in [3.05, 3.63) is 59.8 Å². The van der Waals surface area contributed by atoms with Crippen molar-refractivity contribution in [1.29, 1.82) is 0 Å². The Labute approximate surface area is 223 Å². The maximum Gasteiger partial charge on any atom is 0.389 e. The molecule has 0 saturated carbocycles.